The first-order valence-corrected chi connectivity index (χ1v) is 15.9. The van der Waals surface area contributed by atoms with E-state index in [9.17, 15) is 19.2 Å². The largest absolute Gasteiger partial charge is 0.465 e. The second-order valence-corrected chi connectivity index (χ2v) is 14.7. The second kappa shape index (κ2) is 13.2. The van der Waals surface area contributed by atoms with E-state index in [1.165, 1.54) is 26.4 Å². The summed E-state index contributed by atoms with van der Waals surface area (Å²) in [7, 11) is 2.43. The minimum absolute atomic E-state index is 0.00393. The molecule has 2 heterocycles. The maximum atomic E-state index is 13.8. The molecule has 1 N–H and O–H groups in total. The lowest BCUT2D eigenvalue weighted by Gasteiger charge is -2.36. The van der Waals surface area contributed by atoms with Crippen molar-refractivity contribution in [1.29, 1.82) is 0 Å². The lowest BCUT2D eigenvalue weighted by atomic mass is 10.1. The number of benzene rings is 1. The number of nitrogens with one attached hydrogen (secondary N) is 1. The zero-order valence-corrected chi connectivity index (χ0v) is 26.9. The molecule has 0 aliphatic carbocycles. The molecule has 3 rings (SSSR count). The van der Waals surface area contributed by atoms with Gasteiger partial charge in [0.2, 0.25) is 0 Å². The lowest BCUT2D eigenvalue weighted by Crippen LogP contribution is -2.62. The number of ether oxygens (including phenoxy) is 4. The van der Waals surface area contributed by atoms with E-state index in [0.29, 0.717) is 5.75 Å². The van der Waals surface area contributed by atoms with Crippen LogP contribution in [-0.2, 0) is 28.5 Å². The highest BCUT2D eigenvalue weighted by Gasteiger charge is 2.51. The Labute approximate surface area is 253 Å². The number of aliphatic imine (C=N–C) groups is 1. The maximum Gasteiger partial charge on any atom is 0.367 e. The van der Waals surface area contributed by atoms with E-state index in [4.69, 9.17) is 18.9 Å². The quantitative estimate of drug-likeness (QED) is 0.250. The predicted octanol–water partition coefficient (Wildman–Crippen LogP) is 4.43. The Kier molecular flexibility index (Phi) is 10.7. The topological polar surface area (TPSA) is 130 Å². The van der Waals surface area contributed by atoms with E-state index in [-0.39, 0.29) is 26.4 Å². The number of amides is 1. The van der Waals surface area contributed by atoms with Crippen molar-refractivity contribution in [2.24, 2.45) is 4.99 Å². The van der Waals surface area contributed by atoms with Crippen molar-refractivity contribution in [1.82, 2.24) is 5.32 Å². The highest BCUT2D eigenvalue weighted by molar-refractivity contribution is 8.20. The van der Waals surface area contributed by atoms with Crippen LogP contribution in [0.3, 0.4) is 0 Å². The van der Waals surface area contributed by atoms with Crippen molar-refractivity contribution in [2.45, 2.75) is 63.1 Å². The number of methoxy groups -OCH3 is 2. The van der Waals surface area contributed by atoms with Gasteiger partial charge in [0.15, 0.2) is 5.70 Å². The van der Waals surface area contributed by atoms with Gasteiger partial charge in [-0.05, 0) is 59.2 Å². The summed E-state index contributed by atoms with van der Waals surface area (Å²) >= 11 is 4.58. The van der Waals surface area contributed by atoms with Crippen molar-refractivity contribution in [3.05, 3.63) is 46.7 Å². The summed E-state index contributed by atoms with van der Waals surface area (Å²) in [5.41, 5.74) is -3.21. The summed E-state index contributed by atoms with van der Waals surface area (Å²) < 4.78 is 21.9. The Hall–Kier alpha value is -2.48. The van der Waals surface area contributed by atoms with Crippen LogP contribution in [0, 0.1) is 0 Å². The standard InChI is InChI=1S/C28H36N2O8S3/c1-26(2,3)37-22(33)19-18(23-39-13-14-40-23)15-41-24(29-19)28(36-8,25(34)38-27(4,5)6)30-20(31)16-11-9-10-12-17(16)21(32)35-7/h9-12,23H,13-15H2,1-8H3,(H,30,31). The fraction of sp³-hybridized carbons (Fsp3) is 0.536. The average Bonchev–Trinajstić information content (AvgIpc) is 3.44. The van der Waals surface area contributed by atoms with Crippen molar-refractivity contribution in [2.75, 3.05) is 31.5 Å². The molecule has 1 atom stereocenters. The van der Waals surface area contributed by atoms with Crippen LogP contribution < -0.4 is 5.32 Å². The number of carbonyl (C=O) groups is 4. The maximum absolute atomic E-state index is 13.8. The van der Waals surface area contributed by atoms with Crippen LogP contribution in [0.15, 0.2) is 40.5 Å². The van der Waals surface area contributed by atoms with E-state index in [0.717, 1.165) is 28.8 Å². The number of hydrogen-bond acceptors (Lipinski definition) is 12. The van der Waals surface area contributed by atoms with Crippen molar-refractivity contribution in [3.63, 3.8) is 0 Å². The summed E-state index contributed by atoms with van der Waals surface area (Å²) in [5, 5.41) is 2.62. The molecule has 0 radical (unpaired) electrons. The fourth-order valence-corrected chi connectivity index (χ4v) is 8.14. The minimum atomic E-state index is -2.24. The molecular weight excluding hydrogens is 589 g/mol. The van der Waals surface area contributed by atoms with Gasteiger partial charge in [0.05, 0.1) is 22.8 Å². The van der Waals surface area contributed by atoms with Crippen LogP contribution in [0.25, 0.3) is 0 Å². The van der Waals surface area contributed by atoms with Crippen LogP contribution in [-0.4, -0.2) is 81.8 Å². The molecule has 0 saturated carbocycles. The van der Waals surface area contributed by atoms with E-state index in [1.54, 1.807) is 77.2 Å². The third-order valence-electron chi connectivity index (χ3n) is 5.54. The van der Waals surface area contributed by atoms with Crippen molar-refractivity contribution in [3.8, 4) is 0 Å². The Morgan fingerprint density at radius 1 is 0.878 bits per heavy atom. The van der Waals surface area contributed by atoms with Crippen molar-refractivity contribution >= 4 is 64.1 Å². The highest BCUT2D eigenvalue weighted by Crippen LogP contribution is 2.43. The Morgan fingerprint density at radius 2 is 1.46 bits per heavy atom. The molecule has 13 heteroatoms. The molecule has 1 fully saturated rings. The van der Waals surface area contributed by atoms with Gasteiger partial charge in [-0.2, -0.15) is 0 Å². The van der Waals surface area contributed by atoms with Gasteiger partial charge < -0.3 is 24.3 Å². The number of thioether (sulfide) groups is 3. The minimum Gasteiger partial charge on any atom is -0.465 e. The molecule has 1 aromatic carbocycles. The van der Waals surface area contributed by atoms with Crippen LogP contribution in [0.1, 0.15) is 62.3 Å². The Balaban J connectivity index is 2.17. The summed E-state index contributed by atoms with van der Waals surface area (Å²) in [6.45, 7) is 10.3. The first-order valence-electron chi connectivity index (χ1n) is 12.8. The predicted molar refractivity (Wildman–Crippen MR) is 162 cm³/mol. The molecule has 2 aliphatic heterocycles. The van der Waals surface area contributed by atoms with Gasteiger partial charge in [0.1, 0.15) is 16.2 Å². The zero-order chi connectivity index (χ0) is 30.6. The van der Waals surface area contributed by atoms with Gasteiger partial charge in [-0.1, -0.05) is 12.1 Å². The van der Waals surface area contributed by atoms with Gasteiger partial charge in [0.25, 0.3) is 11.6 Å². The van der Waals surface area contributed by atoms with Gasteiger partial charge >= 0.3 is 17.9 Å². The number of rotatable bonds is 8. The number of esters is 3. The molecule has 41 heavy (non-hydrogen) atoms. The molecule has 224 valence electrons. The number of nitrogens with zero attached hydrogens (tertiary/aromatic N) is 1. The third-order valence-corrected chi connectivity index (χ3v) is 9.78. The molecule has 1 amide bonds. The first-order chi connectivity index (χ1) is 19.1. The summed E-state index contributed by atoms with van der Waals surface area (Å²) in [6, 6.07) is 6.01. The van der Waals surface area contributed by atoms with Gasteiger partial charge in [-0.3, -0.25) is 4.79 Å². The van der Waals surface area contributed by atoms with Gasteiger partial charge in [-0.25, -0.2) is 19.4 Å². The fourth-order valence-electron chi connectivity index (χ4n) is 3.80. The van der Waals surface area contributed by atoms with E-state index >= 15 is 0 Å². The molecule has 1 saturated heterocycles. The lowest BCUT2D eigenvalue weighted by molar-refractivity contribution is -0.174. The molecule has 0 spiro atoms. The van der Waals surface area contributed by atoms with Gasteiger partial charge in [0, 0.05) is 24.4 Å². The van der Waals surface area contributed by atoms with E-state index < -0.39 is 40.7 Å². The third kappa shape index (κ3) is 8.08. The van der Waals surface area contributed by atoms with E-state index in [2.05, 4.69) is 10.3 Å². The number of carbonyl (C=O) groups excluding carboxylic acids is 4. The molecular formula is C28H36N2O8S3. The van der Waals surface area contributed by atoms with Gasteiger partial charge in [-0.15, -0.1) is 35.3 Å². The van der Waals surface area contributed by atoms with Crippen LogP contribution in [0.2, 0.25) is 0 Å². The monoisotopic (exact) mass is 624 g/mol. The number of hydrogen-bond donors (Lipinski definition) is 1. The average molecular weight is 625 g/mol. The molecule has 10 nitrogen and oxygen atoms in total. The van der Waals surface area contributed by atoms with Crippen LogP contribution >= 0.6 is 35.3 Å². The Morgan fingerprint density at radius 3 is 2.00 bits per heavy atom. The molecule has 1 unspecified atom stereocenters. The van der Waals surface area contributed by atoms with Crippen molar-refractivity contribution < 1.29 is 38.1 Å². The molecule has 0 bridgehead atoms. The van der Waals surface area contributed by atoms with Crippen LogP contribution in [0.4, 0.5) is 0 Å². The Bertz CT molecular complexity index is 1260. The highest BCUT2D eigenvalue weighted by atomic mass is 32.2. The smallest absolute Gasteiger partial charge is 0.367 e. The summed E-state index contributed by atoms with van der Waals surface area (Å²) in [6.07, 6.45) is 0. The van der Waals surface area contributed by atoms with Crippen LogP contribution in [0.5, 0.6) is 0 Å². The summed E-state index contributed by atoms with van der Waals surface area (Å²) in [5.74, 6) is -0.965. The summed E-state index contributed by atoms with van der Waals surface area (Å²) in [4.78, 5) is 57.9. The first kappa shape index (κ1) is 33.0. The molecule has 0 aromatic heterocycles. The normalized spacial score (nSPS) is 17.8. The van der Waals surface area contributed by atoms with E-state index in [1.807, 2.05) is 0 Å². The SMILES string of the molecule is COC(=O)c1ccccc1C(=O)NC(OC)(C(=O)OC(C)(C)C)C1=NC(C(=O)OC(C)(C)C)=C(C2SCCS2)CS1. The second-order valence-electron chi connectivity index (χ2n) is 11.0. The zero-order valence-electron chi connectivity index (χ0n) is 24.4. The molecule has 2 aliphatic rings. The molecule has 1 aromatic rings.